The van der Waals surface area contributed by atoms with E-state index in [1.165, 1.54) is 0 Å². The maximum atomic E-state index is 13.1. The van der Waals surface area contributed by atoms with Crippen molar-refractivity contribution < 1.29 is 19.1 Å². The fourth-order valence-electron chi connectivity index (χ4n) is 3.33. The number of hydrogen-bond donors (Lipinski definition) is 0. The molecule has 0 aliphatic carbocycles. The number of nitrogens with zero attached hydrogens (tertiary/aromatic N) is 1. The summed E-state index contributed by atoms with van der Waals surface area (Å²) in [6.07, 6.45) is 0.239. The molecule has 0 heterocycles. The topological polar surface area (TPSA) is 65.0 Å². The Morgan fingerprint density at radius 2 is 1.29 bits per heavy atom. The summed E-state index contributed by atoms with van der Waals surface area (Å²) in [4.78, 5) is 30.3. The molecule has 5 heteroatoms. The molecule has 0 fully saturated rings. The average Bonchev–Trinajstić information content (AvgIpc) is 2.83. The van der Waals surface area contributed by atoms with Crippen molar-refractivity contribution in [1.82, 2.24) is 0 Å². The lowest BCUT2D eigenvalue weighted by Crippen LogP contribution is -2.32. The van der Waals surface area contributed by atoms with Crippen molar-refractivity contribution in [2.45, 2.75) is 51.9 Å². The highest BCUT2D eigenvalue weighted by Gasteiger charge is 2.26. The minimum Gasteiger partial charge on any atom is -0.461 e. The van der Waals surface area contributed by atoms with Gasteiger partial charge < -0.3 is 9.47 Å². The van der Waals surface area contributed by atoms with Crippen LogP contribution in [-0.2, 0) is 25.7 Å². The van der Waals surface area contributed by atoms with E-state index in [0.29, 0.717) is 5.71 Å². The molecule has 0 radical (unpaired) electrons. The lowest BCUT2D eigenvalue weighted by Gasteiger charge is -2.23. The van der Waals surface area contributed by atoms with E-state index in [2.05, 4.69) is 0 Å². The molecule has 0 aromatic heterocycles. The van der Waals surface area contributed by atoms with Gasteiger partial charge in [0.25, 0.3) is 0 Å². The lowest BCUT2D eigenvalue weighted by atomic mass is 10.0. The van der Waals surface area contributed by atoms with Gasteiger partial charge in [0, 0.05) is 17.5 Å². The summed E-state index contributed by atoms with van der Waals surface area (Å²) in [6, 6.07) is 28.0. The van der Waals surface area contributed by atoms with E-state index in [4.69, 9.17) is 14.5 Å². The number of rotatable bonds is 9. The highest BCUT2D eigenvalue weighted by Crippen LogP contribution is 2.18. The van der Waals surface area contributed by atoms with Gasteiger partial charge in [-0.3, -0.25) is 9.79 Å². The monoisotopic (exact) mass is 457 g/mol. The molecule has 0 amide bonds. The molecule has 0 saturated heterocycles. The number of carbonyl (C=O) groups excluding carboxylic acids is 2. The molecule has 3 aromatic rings. The van der Waals surface area contributed by atoms with E-state index < -0.39 is 17.6 Å². The van der Waals surface area contributed by atoms with Gasteiger partial charge in [0.05, 0.1) is 5.71 Å². The third-order valence-electron chi connectivity index (χ3n) is 4.92. The van der Waals surface area contributed by atoms with Gasteiger partial charge in [0.1, 0.15) is 18.2 Å². The zero-order valence-corrected chi connectivity index (χ0v) is 19.9. The molecule has 0 spiro atoms. The van der Waals surface area contributed by atoms with Crippen molar-refractivity contribution in [1.29, 1.82) is 0 Å². The predicted octanol–water partition coefficient (Wildman–Crippen LogP) is 5.76. The Morgan fingerprint density at radius 1 is 0.794 bits per heavy atom. The minimum absolute atomic E-state index is 0.0527. The second kappa shape index (κ2) is 11.9. The Hall–Kier alpha value is -3.73. The van der Waals surface area contributed by atoms with Crippen LogP contribution < -0.4 is 0 Å². The molecule has 3 rings (SSSR count). The first kappa shape index (κ1) is 24.9. The highest BCUT2D eigenvalue weighted by atomic mass is 16.6. The van der Waals surface area contributed by atoms with Crippen LogP contribution in [0.15, 0.2) is 96.0 Å². The van der Waals surface area contributed by atoms with Crippen molar-refractivity contribution in [3.05, 3.63) is 108 Å². The SMILES string of the molecule is CC(C)(C)OC(=O)[C@H](CCC(=O)OCc1ccccc1)N=C(c1ccccc1)c1ccccc1. The zero-order chi connectivity index (χ0) is 24.4. The average molecular weight is 458 g/mol. The summed E-state index contributed by atoms with van der Waals surface area (Å²) in [5, 5.41) is 0. The van der Waals surface area contributed by atoms with Gasteiger partial charge in [-0.1, -0.05) is 91.0 Å². The first-order valence-electron chi connectivity index (χ1n) is 11.4. The summed E-state index contributed by atoms with van der Waals surface area (Å²) < 4.78 is 11.0. The van der Waals surface area contributed by atoms with Crippen LogP contribution in [0.4, 0.5) is 0 Å². The van der Waals surface area contributed by atoms with Crippen molar-refractivity contribution in [2.24, 2.45) is 4.99 Å². The number of carbonyl (C=O) groups is 2. The normalized spacial score (nSPS) is 11.9. The van der Waals surface area contributed by atoms with E-state index >= 15 is 0 Å². The van der Waals surface area contributed by atoms with E-state index in [1.807, 2.05) is 112 Å². The smallest absolute Gasteiger partial charge is 0.331 e. The fraction of sp³-hybridized carbons (Fsp3) is 0.276. The molecule has 0 aliphatic heterocycles. The molecule has 0 saturated carbocycles. The Labute approximate surface area is 201 Å². The zero-order valence-electron chi connectivity index (χ0n) is 19.9. The van der Waals surface area contributed by atoms with Crippen molar-refractivity contribution in [2.75, 3.05) is 0 Å². The van der Waals surface area contributed by atoms with Crippen LogP contribution in [0.5, 0.6) is 0 Å². The van der Waals surface area contributed by atoms with Gasteiger partial charge in [0.15, 0.2) is 0 Å². The van der Waals surface area contributed by atoms with Gasteiger partial charge in [-0.25, -0.2) is 4.79 Å². The molecule has 3 aromatic carbocycles. The third-order valence-corrected chi connectivity index (χ3v) is 4.92. The number of aliphatic imine (C=N–C) groups is 1. The molecular formula is C29H31NO4. The van der Waals surface area contributed by atoms with Crippen LogP contribution in [0.25, 0.3) is 0 Å². The second-order valence-electron chi connectivity index (χ2n) is 8.94. The van der Waals surface area contributed by atoms with Gasteiger partial charge >= 0.3 is 11.9 Å². The molecule has 0 bridgehead atoms. The van der Waals surface area contributed by atoms with E-state index in [-0.39, 0.29) is 25.4 Å². The van der Waals surface area contributed by atoms with E-state index in [0.717, 1.165) is 16.7 Å². The molecular weight excluding hydrogens is 426 g/mol. The van der Waals surface area contributed by atoms with E-state index in [1.54, 1.807) is 0 Å². The standard InChI is InChI=1S/C29H31NO4/c1-29(2,3)34-28(32)25(19-20-26(31)33-21-22-13-7-4-8-14-22)30-27(23-15-9-5-10-16-23)24-17-11-6-12-18-24/h4-18,25H,19-21H2,1-3H3/t25-/m0/s1. The van der Waals surface area contributed by atoms with Crippen LogP contribution in [0.3, 0.4) is 0 Å². The molecule has 0 unspecified atom stereocenters. The van der Waals surface area contributed by atoms with Crippen molar-refractivity contribution >= 4 is 17.7 Å². The van der Waals surface area contributed by atoms with Crippen LogP contribution in [0.2, 0.25) is 0 Å². The second-order valence-corrected chi connectivity index (χ2v) is 8.94. The molecule has 176 valence electrons. The molecule has 1 atom stereocenters. The first-order valence-corrected chi connectivity index (χ1v) is 11.4. The molecule has 5 nitrogen and oxygen atoms in total. The quantitative estimate of drug-likeness (QED) is 0.303. The maximum Gasteiger partial charge on any atom is 0.331 e. The molecule has 34 heavy (non-hydrogen) atoms. The van der Waals surface area contributed by atoms with Gasteiger partial charge in [-0.15, -0.1) is 0 Å². The van der Waals surface area contributed by atoms with Gasteiger partial charge in [0.2, 0.25) is 0 Å². The first-order chi connectivity index (χ1) is 16.3. The highest BCUT2D eigenvalue weighted by molar-refractivity contribution is 6.13. The summed E-state index contributed by atoms with van der Waals surface area (Å²) in [5.41, 5.74) is 2.68. The Morgan fingerprint density at radius 3 is 1.79 bits per heavy atom. The van der Waals surface area contributed by atoms with E-state index in [9.17, 15) is 9.59 Å². The fourth-order valence-corrected chi connectivity index (χ4v) is 3.33. The summed E-state index contributed by atoms with van der Waals surface area (Å²) in [7, 11) is 0. The summed E-state index contributed by atoms with van der Waals surface area (Å²) >= 11 is 0. The number of benzene rings is 3. The van der Waals surface area contributed by atoms with Gasteiger partial charge in [-0.2, -0.15) is 0 Å². The van der Waals surface area contributed by atoms with Crippen molar-refractivity contribution in [3.8, 4) is 0 Å². The summed E-state index contributed by atoms with van der Waals surface area (Å²) in [6.45, 7) is 5.64. The number of hydrogen-bond acceptors (Lipinski definition) is 5. The lowest BCUT2D eigenvalue weighted by molar-refractivity contribution is -0.156. The number of ether oxygens (including phenoxy) is 2. The Bertz CT molecular complexity index is 1050. The molecule has 0 N–H and O–H groups in total. The third kappa shape index (κ3) is 8.00. The largest absolute Gasteiger partial charge is 0.461 e. The summed E-state index contributed by atoms with van der Waals surface area (Å²) in [5.74, 6) is -0.846. The predicted molar refractivity (Wildman–Crippen MR) is 134 cm³/mol. The van der Waals surface area contributed by atoms with Gasteiger partial charge in [-0.05, 0) is 32.8 Å². The Kier molecular flexibility index (Phi) is 8.74. The van der Waals surface area contributed by atoms with Crippen molar-refractivity contribution in [3.63, 3.8) is 0 Å². The van der Waals surface area contributed by atoms with Crippen LogP contribution in [0.1, 0.15) is 50.3 Å². The minimum atomic E-state index is -0.848. The number of esters is 2. The molecule has 0 aliphatic rings. The maximum absolute atomic E-state index is 13.1. The van der Waals surface area contributed by atoms with Crippen LogP contribution in [-0.4, -0.2) is 29.3 Å². The Balaban J connectivity index is 1.82. The van der Waals surface area contributed by atoms with Crippen LogP contribution >= 0.6 is 0 Å². The van der Waals surface area contributed by atoms with Crippen LogP contribution in [0, 0.1) is 0 Å².